The van der Waals surface area contributed by atoms with E-state index in [2.05, 4.69) is 0 Å². The Hall–Kier alpha value is -0.220. The van der Waals surface area contributed by atoms with Gasteiger partial charge in [0.05, 0.1) is 18.8 Å². The predicted octanol–water partition coefficient (Wildman–Crippen LogP) is 0.333. The predicted molar refractivity (Wildman–Crippen MR) is 52.6 cm³/mol. The molecule has 13 heavy (non-hydrogen) atoms. The van der Waals surface area contributed by atoms with Gasteiger partial charge in [-0.1, -0.05) is 0 Å². The number of nitrogens with zero attached hydrogens (tertiary/aromatic N) is 1. The van der Waals surface area contributed by atoms with Crippen LogP contribution in [0.2, 0.25) is 0 Å². The summed E-state index contributed by atoms with van der Waals surface area (Å²) in [7, 11) is 0. The van der Waals surface area contributed by atoms with Crippen LogP contribution in [0.5, 0.6) is 0 Å². The van der Waals surface area contributed by atoms with Gasteiger partial charge in [-0.2, -0.15) is 11.8 Å². The number of aliphatic hydroxyl groups is 1. The van der Waals surface area contributed by atoms with Gasteiger partial charge in [0, 0.05) is 0 Å². The van der Waals surface area contributed by atoms with E-state index < -0.39 is 5.60 Å². The zero-order valence-electron chi connectivity index (χ0n) is 7.82. The number of hydrogen-bond acceptors (Lipinski definition) is 3. The molecule has 0 aromatic carbocycles. The monoisotopic (exact) mass is 201 g/mol. The van der Waals surface area contributed by atoms with E-state index in [1.807, 2.05) is 6.26 Å². The maximum atomic E-state index is 11.4. The van der Waals surface area contributed by atoms with Crippen molar-refractivity contribution in [2.45, 2.75) is 18.4 Å². The van der Waals surface area contributed by atoms with E-state index in [9.17, 15) is 9.90 Å². The lowest BCUT2D eigenvalue weighted by molar-refractivity contribution is -0.156. The fourth-order valence-corrected chi connectivity index (χ4v) is 2.31. The molecule has 1 amide bonds. The van der Waals surface area contributed by atoms with Gasteiger partial charge in [0.2, 0.25) is 5.91 Å². The molecule has 0 bridgehead atoms. The molecule has 1 aliphatic carbocycles. The number of carbonyl (C=O) groups excluding carboxylic acids is 1. The third-order valence-corrected chi connectivity index (χ3v) is 3.42. The van der Waals surface area contributed by atoms with Crippen molar-refractivity contribution in [3.8, 4) is 0 Å². The highest BCUT2D eigenvalue weighted by Crippen LogP contribution is 2.44. The van der Waals surface area contributed by atoms with Gasteiger partial charge in [-0.15, -0.1) is 0 Å². The second-order valence-corrected chi connectivity index (χ2v) is 4.93. The van der Waals surface area contributed by atoms with E-state index in [4.69, 9.17) is 0 Å². The zero-order valence-corrected chi connectivity index (χ0v) is 8.64. The van der Waals surface area contributed by atoms with Crippen molar-refractivity contribution in [2.24, 2.45) is 5.92 Å². The summed E-state index contributed by atoms with van der Waals surface area (Å²) in [5, 5.41) is 9.94. The van der Waals surface area contributed by atoms with Crippen LogP contribution in [0, 0.1) is 5.92 Å². The smallest absolute Gasteiger partial charge is 0.232 e. The Morgan fingerprint density at radius 2 is 2.23 bits per heavy atom. The number of amides is 1. The molecule has 4 heteroatoms. The lowest BCUT2D eigenvalue weighted by Gasteiger charge is -2.47. The van der Waals surface area contributed by atoms with Gasteiger partial charge in [-0.05, 0) is 25.0 Å². The second-order valence-electron chi connectivity index (χ2n) is 4.06. The Balaban J connectivity index is 1.79. The molecule has 1 saturated heterocycles. The van der Waals surface area contributed by atoms with Gasteiger partial charge in [-0.3, -0.25) is 4.79 Å². The lowest BCUT2D eigenvalue weighted by atomic mass is 9.89. The largest absolute Gasteiger partial charge is 0.386 e. The maximum Gasteiger partial charge on any atom is 0.232 e. The van der Waals surface area contributed by atoms with E-state index in [1.165, 1.54) is 11.8 Å². The van der Waals surface area contributed by atoms with Gasteiger partial charge in [0.1, 0.15) is 5.60 Å². The third-order valence-electron chi connectivity index (χ3n) is 2.89. The number of hydrogen-bond donors (Lipinski definition) is 1. The fraction of sp³-hybridized carbons (Fsp3) is 0.889. The minimum absolute atomic E-state index is 0.165. The number of likely N-dealkylation sites (tertiary alicyclic amines) is 1. The van der Waals surface area contributed by atoms with Crippen molar-refractivity contribution in [1.29, 1.82) is 0 Å². The molecule has 1 heterocycles. The van der Waals surface area contributed by atoms with Crippen molar-refractivity contribution in [2.75, 3.05) is 25.1 Å². The van der Waals surface area contributed by atoms with Gasteiger partial charge >= 0.3 is 0 Å². The van der Waals surface area contributed by atoms with Crippen LogP contribution >= 0.6 is 11.8 Å². The first-order valence-corrected chi connectivity index (χ1v) is 6.04. The van der Waals surface area contributed by atoms with Crippen LogP contribution in [0.15, 0.2) is 0 Å². The summed E-state index contributed by atoms with van der Waals surface area (Å²) in [6.45, 7) is 1.13. The Morgan fingerprint density at radius 1 is 1.62 bits per heavy atom. The maximum absolute atomic E-state index is 11.4. The molecule has 0 aromatic rings. The van der Waals surface area contributed by atoms with Gasteiger partial charge in [0.25, 0.3) is 0 Å². The SMILES string of the molecule is CSCC(=O)N1CC(O)(C2CC2)C1. The Labute approximate surface area is 82.5 Å². The highest BCUT2D eigenvalue weighted by atomic mass is 32.2. The number of thioether (sulfide) groups is 1. The van der Waals surface area contributed by atoms with Gasteiger partial charge in [0.15, 0.2) is 0 Å². The Morgan fingerprint density at radius 3 is 2.69 bits per heavy atom. The first-order valence-electron chi connectivity index (χ1n) is 4.65. The molecular formula is C9H15NO2S. The molecule has 0 unspecified atom stereocenters. The second kappa shape index (κ2) is 3.17. The van der Waals surface area contributed by atoms with Crippen molar-refractivity contribution >= 4 is 17.7 Å². The molecule has 0 aromatic heterocycles. The van der Waals surface area contributed by atoms with E-state index in [-0.39, 0.29) is 5.91 Å². The first kappa shape index (κ1) is 9.34. The normalized spacial score (nSPS) is 25.5. The topological polar surface area (TPSA) is 40.5 Å². The average Bonchev–Trinajstić information content (AvgIpc) is 2.81. The molecule has 2 rings (SSSR count). The van der Waals surface area contributed by atoms with Crippen LogP contribution in [0.4, 0.5) is 0 Å². The molecule has 74 valence electrons. The average molecular weight is 201 g/mol. The number of rotatable bonds is 3. The zero-order chi connectivity index (χ0) is 9.47. The van der Waals surface area contributed by atoms with Crippen LogP contribution < -0.4 is 0 Å². The van der Waals surface area contributed by atoms with E-state index in [0.29, 0.717) is 24.8 Å². The van der Waals surface area contributed by atoms with Crippen LogP contribution in [-0.4, -0.2) is 46.6 Å². The molecule has 0 spiro atoms. The van der Waals surface area contributed by atoms with E-state index >= 15 is 0 Å². The summed E-state index contributed by atoms with van der Waals surface area (Å²) in [4.78, 5) is 13.1. The fourth-order valence-electron chi connectivity index (χ4n) is 1.88. The van der Waals surface area contributed by atoms with Crippen molar-refractivity contribution < 1.29 is 9.90 Å². The van der Waals surface area contributed by atoms with Gasteiger partial charge < -0.3 is 10.0 Å². The summed E-state index contributed by atoms with van der Waals surface area (Å²) < 4.78 is 0. The van der Waals surface area contributed by atoms with E-state index in [0.717, 1.165) is 12.8 Å². The third kappa shape index (κ3) is 1.70. The molecular weight excluding hydrogens is 186 g/mol. The molecule has 3 nitrogen and oxygen atoms in total. The van der Waals surface area contributed by atoms with Crippen molar-refractivity contribution in [3.63, 3.8) is 0 Å². The summed E-state index contributed by atoms with van der Waals surface area (Å²) in [5.74, 6) is 1.18. The van der Waals surface area contributed by atoms with Crippen molar-refractivity contribution in [3.05, 3.63) is 0 Å². The summed E-state index contributed by atoms with van der Waals surface area (Å²) in [6, 6.07) is 0. The Kier molecular flexibility index (Phi) is 2.28. The molecule has 1 N–H and O–H groups in total. The van der Waals surface area contributed by atoms with Crippen LogP contribution in [0.1, 0.15) is 12.8 Å². The molecule has 0 atom stereocenters. The first-order chi connectivity index (χ1) is 6.15. The molecule has 0 radical (unpaired) electrons. The molecule has 1 aliphatic heterocycles. The van der Waals surface area contributed by atoms with Crippen LogP contribution in [0.3, 0.4) is 0 Å². The number of carbonyl (C=O) groups is 1. The van der Waals surface area contributed by atoms with Crippen molar-refractivity contribution in [1.82, 2.24) is 4.90 Å². The summed E-state index contributed by atoms with van der Waals surface area (Å²) in [6.07, 6.45) is 4.20. The molecule has 2 fully saturated rings. The van der Waals surface area contributed by atoms with Crippen LogP contribution in [-0.2, 0) is 4.79 Å². The van der Waals surface area contributed by atoms with Gasteiger partial charge in [-0.25, -0.2) is 0 Å². The minimum atomic E-state index is -0.520. The highest BCUT2D eigenvalue weighted by molar-refractivity contribution is 7.99. The highest BCUT2D eigenvalue weighted by Gasteiger charge is 2.52. The lowest BCUT2D eigenvalue weighted by Crippen LogP contribution is -2.65. The number of β-amino-alcohol motifs (C(OH)–C–C–N with tert-alkyl or cyclic N) is 1. The Bertz CT molecular complexity index is 222. The van der Waals surface area contributed by atoms with E-state index in [1.54, 1.807) is 4.90 Å². The van der Waals surface area contributed by atoms with Crippen LogP contribution in [0.25, 0.3) is 0 Å². The summed E-state index contributed by atoms with van der Waals surface area (Å²) >= 11 is 1.54. The molecule has 2 aliphatic rings. The standard InChI is InChI=1S/C9H15NO2S/c1-13-4-8(11)10-5-9(12,6-10)7-2-3-7/h7,12H,2-6H2,1H3. The quantitative estimate of drug-likeness (QED) is 0.715. The molecule has 1 saturated carbocycles. The minimum Gasteiger partial charge on any atom is -0.386 e. The summed E-state index contributed by atoms with van der Waals surface area (Å²) in [5.41, 5.74) is -0.520.